The molecular weight excluding hydrogens is 810 g/mol. The Kier molecular flexibility index (Phi) is 45.4. The first-order valence-corrected chi connectivity index (χ1v) is 28.7. The Morgan fingerprint density at radius 2 is 0.714 bits per heavy atom. The van der Waals surface area contributed by atoms with E-state index in [-0.39, 0.29) is 32.0 Å². The summed E-state index contributed by atoms with van der Waals surface area (Å²) in [5.74, 6) is -0.822. The molecule has 0 heterocycles. The topological polar surface area (TPSA) is 111 Å². The molecule has 0 N–H and O–H groups in total. The summed E-state index contributed by atoms with van der Waals surface area (Å²) in [5.41, 5.74) is 0. The Morgan fingerprint density at radius 3 is 1.02 bits per heavy atom. The summed E-state index contributed by atoms with van der Waals surface area (Å²) >= 11 is 0. The fourth-order valence-corrected chi connectivity index (χ4v) is 8.86. The normalized spacial score (nSPS) is 13.3. The van der Waals surface area contributed by atoms with Crippen molar-refractivity contribution in [1.29, 1.82) is 0 Å². The molecule has 0 saturated carbocycles. The quantitative estimate of drug-likeness (QED) is 0.0257. The predicted molar refractivity (Wildman–Crippen MR) is 264 cm³/mol. The molecule has 0 spiro atoms. The molecule has 2 atom stereocenters. The molecule has 63 heavy (non-hydrogen) atoms. The molecule has 2 unspecified atom stereocenters. The van der Waals surface area contributed by atoms with Crippen molar-refractivity contribution in [1.82, 2.24) is 0 Å². The number of phosphoric ester groups is 1. The first-order valence-electron chi connectivity index (χ1n) is 27.2. The third kappa shape index (κ3) is 50.3. The van der Waals surface area contributed by atoms with Crippen molar-refractivity contribution < 1.29 is 42.1 Å². The van der Waals surface area contributed by atoms with Crippen LogP contribution in [0.1, 0.15) is 277 Å². The van der Waals surface area contributed by atoms with Crippen molar-refractivity contribution in [2.24, 2.45) is 0 Å². The van der Waals surface area contributed by atoms with E-state index in [9.17, 15) is 19.0 Å². The van der Waals surface area contributed by atoms with Crippen molar-refractivity contribution >= 4 is 19.8 Å². The van der Waals surface area contributed by atoms with Crippen LogP contribution in [0.2, 0.25) is 0 Å². The van der Waals surface area contributed by atoms with Crippen LogP contribution in [0.3, 0.4) is 0 Å². The molecule has 0 aromatic carbocycles. The van der Waals surface area contributed by atoms with E-state index in [1.54, 1.807) is 0 Å². The van der Waals surface area contributed by atoms with Gasteiger partial charge in [0.2, 0.25) is 0 Å². The summed E-state index contributed by atoms with van der Waals surface area (Å²) in [6, 6.07) is 0. The third-order valence-corrected chi connectivity index (χ3v) is 13.3. The molecule has 0 aromatic rings. The standard InChI is InChI=1S/C53H106NO8P/c1-6-8-10-12-14-16-17-18-19-20-21-22-23-24-25-26-27-28-29-30-31-32-33-34-35-36-37-38-40-42-44-46-53(56)62-51(50-61-63(57,58)60-48-47-54(3,4)5)49-59-52(55)45-43-41-39-15-13-11-9-7-2/h51H,6-50H2,1-5H3. The second-order valence-corrected chi connectivity index (χ2v) is 21.4. The van der Waals surface area contributed by atoms with Crippen LogP contribution in [-0.2, 0) is 32.7 Å². The van der Waals surface area contributed by atoms with Crippen LogP contribution in [0.5, 0.6) is 0 Å². The highest BCUT2D eigenvalue weighted by molar-refractivity contribution is 7.45. The van der Waals surface area contributed by atoms with Crippen LogP contribution in [0, 0.1) is 0 Å². The Bertz CT molecular complexity index is 1040. The number of unbranched alkanes of at least 4 members (excludes halogenated alkanes) is 37. The number of hydrogen-bond donors (Lipinski definition) is 0. The van der Waals surface area contributed by atoms with Gasteiger partial charge in [0.05, 0.1) is 27.7 Å². The highest BCUT2D eigenvalue weighted by atomic mass is 31.2. The number of carbonyl (C=O) groups is 2. The largest absolute Gasteiger partial charge is 0.756 e. The maximum atomic E-state index is 12.7. The molecule has 376 valence electrons. The number of esters is 2. The minimum absolute atomic E-state index is 0.0258. The molecule has 0 amide bonds. The van der Waals surface area contributed by atoms with Gasteiger partial charge >= 0.3 is 11.9 Å². The van der Waals surface area contributed by atoms with Crippen LogP contribution in [0.15, 0.2) is 0 Å². The zero-order valence-electron chi connectivity index (χ0n) is 42.6. The average molecular weight is 916 g/mol. The molecule has 0 saturated heterocycles. The van der Waals surface area contributed by atoms with Crippen molar-refractivity contribution in [3.8, 4) is 0 Å². The smallest absolute Gasteiger partial charge is 0.306 e. The van der Waals surface area contributed by atoms with Gasteiger partial charge in [-0.2, -0.15) is 0 Å². The van der Waals surface area contributed by atoms with Gasteiger partial charge < -0.3 is 27.9 Å². The minimum atomic E-state index is -4.62. The predicted octanol–water partition coefficient (Wildman–Crippen LogP) is 15.7. The molecule has 10 heteroatoms. The number of hydrogen-bond acceptors (Lipinski definition) is 8. The van der Waals surface area contributed by atoms with Crippen LogP contribution in [-0.4, -0.2) is 70.0 Å². The van der Waals surface area contributed by atoms with Crippen LogP contribution in [0.4, 0.5) is 0 Å². The molecular formula is C53H106NO8P. The van der Waals surface area contributed by atoms with Crippen molar-refractivity contribution in [3.05, 3.63) is 0 Å². The van der Waals surface area contributed by atoms with E-state index in [4.69, 9.17) is 18.5 Å². The van der Waals surface area contributed by atoms with E-state index in [0.717, 1.165) is 32.1 Å². The summed E-state index contributed by atoms with van der Waals surface area (Å²) in [6.45, 7) is 4.24. The zero-order valence-corrected chi connectivity index (χ0v) is 43.5. The van der Waals surface area contributed by atoms with E-state index in [0.29, 0.717) is 17.4 Å². The van der Waals surface area contributed by atoms with Gasteiger partial charge in [0.15, 0.2) is 6.10 Å². The van der Waals surface area contributed by atoms with E-state index >= 15 is 0 Å². The zero-order chi connectivity index (χ0) is 46.4. The molecule has 0 fully saturated rings. The first kappa shape index (κ1) is 62.0. The highest BCUT2D eigenvalue weighted by Crippen LogP contribution is 2.38. The van der Waals surface area contributed by atoms with E-state index in [1.807, 2.05) is 21.1 Å². The van der Waals surface area contributed by atoms with Gasteiger partial charge in [-0.25, -0.2) is 0 Å². The van der Waals surface area contributed by atoms with Gasteiger partial charge in [-0.3, -0.25) is 14.2 Å². The maximum absolute atomic E-state index is 12.7. The number of likely N-dealkylation sites (N-methyl/N-ethyl adjacent to an activating group) is 1. The van der Waals surface area contributed by atoms with Crippen LogP contribution >= 0.6 is 7.82 Å². The lowest BCUT2D eigenvalue weighted by Gasteiger charge is -2.28. The van der Waals surface area contributed by atoms with E-state index in [1.165, 1.54) is 212 Å². The van der Waals surface area contributed by atoms with Gasteiger partial charge in [-0.1, -0.05) is 251 Å². The Balaban J connectivity index is 3.89. The van der Waals surface area contributed by atoms with Crippen molar-refractivity contribution in [2.75, 3.05) is 47.5 Å². The molecule has 0 radical (unpaired) electrons. The van der Waals surface area contributed by atoms with E-state index < -0.39 is 26.5 Å². The summed E-state index contributed by atoms with van der Waals surface area (Å²) in [4.78, 5) is 37.5. The molecule has 0 aliphatic rings. The number of phosphoric acid groups is 1. The van der Waals surface area contributed by atoms with Crippen LogP contribution in [0.25, 0.3) is 0 Å². The minimum Gasteiger partial charge on any atom is -0.756 e. The number of ether oxygens (including phenoxy) is 2. The molecule has 0 aliphatic heterocycles. The summed E-state index contributed by atoms with van der Waals surface area (Å²) < 4.78 is 33.9. The number of quaternary nitrogens is 1. The average Bonchev–Trinajstić information content (AvgIpc) is 3.24. The fraction of sp³-hybridized carbons (Fsp3) is 0.962. The SMILES string of the molecule is CCCCCCCCCCCCCCCCCCCCCCCCCCCCCCCCCC(=O)OC(COC(=O)CCCCCCCCCC)COP(=O)([O-])OCC[N+](C)(C)C. The second kappa shape index (κ2) is 46.1. The third-order valence-electron chi connectivity index (χ3n) is 12.4. The van der Waals surface area contributed by atoms with Gasteiger partial charge in [-0.05, 0) is 12.8 Å². The van der Waals surface area contributed by atoms with Crippen molar-refractivity contribution in [3.63, 3.8) is 0 Å². The highest BCUT2D eigenvalue weighted by Gasteiger charge is 2.21. The Morgan fingerprint density at radius 1 is 0.429 bits per heavy atom. The van der Waals surface area contributed by atoms with Crippen molar-refractivity contribution in [2.45, 2.75) is 283 Å². The molecule has 0 aromatic heterocycles. The fourth-order valence-electron chi connectivity index (χ4n) is 8.13. The summed E-state index contributed by atoms with van der Waals surface area (Å²) in [6.07, 6.45) is 50.4. The second-order valence-electron chi connectivity index (χ2n) is 20.0. The molecule has 0 rings (SSSR count). The first-order chi connectivity index (χ1) is 30.5. The number of carbonyl (C=O) groups excluding carboxylic acids is 2. The summed E-state index contributed by atoms with van der Waals surface area (Å²) in [5, 5.41) is 0. The molecule has 0 aliphatic carbocycles. The lowest BCUT2D eigenvalue weighted by Crippen LogP contribution is -2.37. The summed E-state index contributed by atoms with van der Waals surface area (Å²) in [7, 11) is 1.18. The molecule has 9 nitrogen and oxygen atoms in total. The number of nitrogens with zero attached hydrogens (tertiary/aromatic N) is 1. The van der Waals surface area contributed by atoms with Gasteiger partial charge in [0, 0.05) is 12.8 Å². The Labute approximate surface area is 391 Å². The lowest BCUT2D eigenvalue weighted by atomic mass is 10.0. The Hall–Kier alpha value is -0.990. The van der Waals surface area contributed by atoms with Gasteiger partial charge in [0.25, 0.3) is 7.82 Å². The van der Waals surface area contributed by atoms with Crippen LogP contribution < -0.4 is 4.89 Å². The number of rotatable bonds is 51. The monoisotopic (exact) mass is 916 g/mol. The maximum Gasteiger partial charge on any atom is 0.306 e. The lowest BCUT2D eigenvalue weighted by molar-refractivity contribution is -0.870. The van der Waals surface area contributed by atoms with E-state index in [2.05, 4.69) is 13.8 Å². The van der Waals surface area contributed by atoms with Gasteiger partial charge in [0.1, 0.15) is 19.8 Å². The molecule has 0 bridgehead atoms. The van der Waals surface area contributed by atoms with Gasteiger partial charge in [-0.15, -0.1) is 0 Å².